The first kappa shape index (κ1) is 15.3. The third kappa shape index (κ3) is 3.32. The summed E-state index contributed by atoms with van der Waals surface area (Å²) < 4.78 is 5.29. The molecule has 112 valence electrons. The molecule has 0 bridgehead atoms. The molecule has 2 rings (SSSR count). The van der Waals surface area contributed by atoms with E-state index in [1.807, 2.05) is 7.11 Å². The van der Waals surface area contributed by atoms with Gasteiger partial charge in [0.2, 0.25) is 0 Å². The van der Waals surface area contributed by atoms with Crippen molar-refractivity contribution in [2.45, 2.75) is 70.5 Å². The zero-order valence-corrected chi connectivity index (χ0v) is 13.2. The molecule has 1 saturated heterocycles. The first-order valence-corrected chi connectivity index (χ1v) is 8.08. The summed E-state index contributed by atoms with van der Waals surface area (Å²) in [6.07, 6.45) is 6.72. The zero-order valence-electron chi connectivity index (χ0n) is 13.2. The van der Waals surface area contributed by atoms with E-state index in [2.05, 4.69) is 31.0 Å². The Balaban J connectivity index is 2.06. The number of piperazine rings is 1. The van der Waals surface area contributed by atoms with E-state index in [4.69, 9.17) is 4.74 Å². The molecule has 1 saturated carbocycles. The Morgan fingerprint density at radius 1 is 1.26 bits per heavy atom. The molecule has 2 fully saturated rings. The van der Waals surface area contributed by atoms with Crippen LogP contribution in [0.4, 0.5) is 0 Å². The molecule has 3 nitrogen and oxygen atoms in total. The Morgan fingerprint density at radius 2 is 1.95 bits per heavy atom. The summed E-state index contributed by atoms with van der Waals surface area (Å²) >= 11 is 0. The minimum atomic E-state index is 0.443. The van der Waals surface area contributed by atoms with Gasteiger partial charge < -0.3 is 10.1 Å². The van der Waals surface area contributed by atoms with Crippen LogP contribution in [0.3, 0.4) is 0 Å². The van der Waals surface area contributed by atoms with Crippen molar-refractivity contribution in [2.75, 3.05) is 26.8 Å². The van der Waals surface area contributed by atoms with Gasteiger partial charge in [0.15, 0.2) is 0 Å². The van der Waals surface area contributed by atoms with E-state index in [1.54, 1.807) is 0 Å². The van der Waals surface area contributed by atoms with Gasteiger partial charge in [-0.05, 0) is 32.1 Å². The molecular formula is C16H32N2O. The van der Waals surface area contributed by atoms with E-state index in [0.717, 1.165) is 18.9 Å². The van der Waals surface area contributed by atoms with Gasteiger partial charge in [-0.1, -0.05) is 26.7 Å². The van der Waals surface area contributed by atoms with Gasteiger partial charge in [0, 0.05) is 44.4 Å². The molecule has 3 heteroatoms. The summed E-state index contributed by atoms with van der Waals surface area (Å²) in [6, 6.07) is 1.29. The van der Waals surface area contributed by atoms with E-state index < -0.39 is 0 Å². The van der Waals surface area contributed by atoms with Crippen molar-refractivity contribution in [1.82, 2.24) is 10.2 Å². The smallest absolute Gasteiger partial charge is 0.0477 e. The molecule has 2 atom stereocenters. The maximum atomic E-state index is 5.29. The number of methoxy groups -OCH3 is 1. The van der Waals surface area contributed by atoms with Crippen LogP contribution in [0.1, 0.15) is 52.9 Å². The monoisotopic (exact) mass is 268 g/mol. The van der Waals surface area contributed by atoms with Crippen molar-refractivity contribution in [3.8, 4) is 0 Å². The summed E-state index contributed by atoms with van der Waals surface area (Å²) in [4.78, 5) is 2.82. The predicted octanol–water partition coefficient (Wildman–Crippen LogP) is 2.65. The van der Waals surface area contributed by atoms with Crippen molar-refractivity contribution in [1.29, 1.82) is 0 Å². The number of hydrogen-bond donors (Lipinski definition) is 1. The second kappa shape index (κ2) is 6.55. The molecule has 0 radical (unpaired) electrons. The highest BCUT2D eigenvalue weighted by molar-refractivity contribution is 5.03. The molecule has 0 aromatic rings. The second-order valence-corrected chi connectivity index (χ2v) is 6.95. The van der Waals surface area contributed by atoms with Crippen LogP contribution in [-0.2, 0) is 4.74 Å². The van der Waals surface area contributed by atoms with Gasteiger partial charge in [0.05, 0.1) is 0 Å². The van der Waals surface area contributed by atoms with Crippen LogP contribution in [0.25, 0.3) is 0 Å². The van der Waals surface area contributed by atoms with Crippen LogP contribution in [-0.4, -0.2) is 49.3 Å². The van der Waals surface area contributed by atoms with Crippen LogP contribution in [0.15, 0.2) is 0 Å². The average Bonchev–Trinajstić information content (AvgIpc) is 2.85. The second-order valence-electron chi connectivity index (χ2n) is 6.95. The summed E-state index contributed by atoms with van der Waals surface area (Å²) in [7, 11) is 1.81. The Kier molecular flexibility index (Phi) is 5.27. The van der Waals surface area contributed by atoms with E-state index in [0.29, 0.717) is 17.6 Å². The molecule has 0 aromatic heterocycles. The van der Waals surface area contributed by atoms with Gasteiger partial charge in [-0.3, -0.25) is 4.90 Å². The molecule has 2 aliphatic rings. The van der Waals surface area contributed by atoms with Gasteiger partial charge in [-0.2, -0.15) is 0 Å². The lowest BCUT2D eigenvalue weighted by Crippen LogP contribution is -2.66. The lowest BCUT2D eigenvalue weighted by molar-refractivity contribution is -0.00662. The molecule has 0 amide bonds. The highest BCUT2D eigenvalue weighted by atomic mass is 16.5. The molecule has 1 heterocycles. The normalized spacial score (nSPS) is 29.2. The van der Waals surface area contributed by atoms with Crippen molar-refractivity contribution in [3.63, 3.8) is 0 Å². The number of ether oxygens (including phenoxy) is 1. The lowest BCUT2D eigenvalue weighted by Gasteiger charge is -2.52. The van der Waals surface area contributed by atoms with Crippen LogP contribution in [0.5, 0.6) is 0 Å². The molecule has 1 spiro atoms. The van der Waals surface area contributed by atoms with Gasteiger partial charge in [0.25, 0.3) is 0 Å². The van der Waals surface area contributed by atoms with Gasteiger partial charge in [-0.15, -0.1) is 0 Å². The standard InChI is InChI=1S/C16H32N2O/c1-13(2)15-11-18(14(3)7-10-19-4)16(12-17-15)8-5-6-9-16/h13-15,17H,5-12H2,1-4H3. The molecule has 2 unspecified atom stereocenters. The van der Waals surface area contributed by atoms with E-state index in [-0.39, 0.29) is 0 Å². The van der Waals surface area contributed by atoms with Crippen LogP contribution in [0.2, 0.25) is 0 Å². The van der Waals surface area contributed by atoms with Gasteiger partial charge >= 0.3 is 0 Å². The van der Waals surface area contributed by atoms with Crippen LogP contribution < -0.4 is 5.32 Å². The molecule has 1 aliphatic heterocycles. The number of hydrogen-bond acceptors (Lipinski definition) is 3. The summed E-state index contributed by atoms with van der Waals surface area (Å²) in [5.41, 5.74) is 0.443. The number of nitrogens with one attached hydrogen (secondary N) is 1. The van der Waals surface area contributed by atoms with Gasteiger partial charge in [-0.25, -0.2) is 0 Å². The summed E-state index contributed by atoms with van der Waals surface area (Å²) in [5, 5.41) is 3.82. The van der Waals surface area contributed by atoms with Crippen molar-refractivity contribution < 1.29 is 4.74 Å². The van der Waals surface area contributed by atoms with Crippen LogP contribution in [0, 0.1) is 5.92 Å². The minimum absolute atomic E-state index is 0.443. The maximum Gasteiger partial charge on any atom is 0.0477 e. The first-order valence-electron chi connectivity index (χ1n) is 8.08. The fourth-order valence-electron chi connectivity index (χ4n) is 3.93. The van der Waals surface area contributed by atoms with Crippen molar-refractivity contribution in [2.24, 2.45) is 5.92 Å². The fourth-order valence-corrected chi connectivity index (χ4v) is 3.93. The summed E-state index contributed by atoms with van der Waals surface area (Å²) in [6.45, 7) is 10.3. The number of rotatable bonds is 5. The highest BCUT2D eigenvalue weighted by Gasteiger charge is 2.45. The molecule has 19 heavy (non-hydrogen) atoms. The Morgan fingerprint density at radius 3 is 2.53 bits per heavy atom. The molecule has 0 aromatic carbocycles. The van der Waals surface area contributed by atoms with Crippen molar-refractivity contribution in [3.05, 3.63) is 0 Å². The topological polar surface area (TPSA) is 24.5 Å². The Labute approximate surface area is 119 Å². The zero-order chi connectivity index (χ0) is 13.9. The Bertz CT molecular complexity index is 274. The van der Waals surface area contributed by atoms with E-state index in [9.17, 15) is 0 Å². The first-order chi connectivity index (χ1) is 9.09. The Hall–Kier alpha value is -0.120. The predicted molar refractivity (Wildman–Crippen MR) is 80.5 cm³/mol. The largest absolute Gasteiger partial charge is 0.385 e. The maximum absolute atomic E-state index is 5.29. The minimum Gasteiger partial charge on any atom is -0.385 e. The van der Waals surface area contributed by atoms with Gasteiger partial charge in [0.1, 0.15) is 0 Å². The van der Waals surface area contributed by atoms with E-state index in [1.165, 1.54) is 38.8 Å². The quantitative estimate of drug-likeness (QED) is 0.829. The lowest BCUT2D eigenvalue weighted by atomic mass is 9.86. The molecular weight excluding hydrogens is 236 g/mol. The third-order valence-corrected chi connectivity index (χ3v) is 5.31. The molecule has 1 aliphatic carbocycles. The molecule has 1 N–H and O–H groups in total. The summed E-state index contributed by atoms with van der Waals surface area (Å²) in [5.74, 6) is 0.718. The SMILES string of the molecule is COCCC(C)N1CC(C(C)C)NCC12CCCC2. The van der Waals surface area contributed by atoms with E-state index >= 15 is 0 Å². The number of nitrogens with zero attached hydrogens (tertiary/aromatic N) is 1. The van der Waals surface area contributed by atoms with Crippen molar-refractivity contribution >= 4 is 0 Å². The highest BCUT2D eigenvalue weighted by Crippen LogP contribution is 2.39. The third-order valence-electron chi connectivity index (χ3n) is 5.31. The fraction of sp³-hybridized carbons (Fsp3) is 1.00. The average molecular weight is 268 g/mol. The van der Waals surface area contributed by atoms with Crippen LogP contribution >= 0.6 is 0 Å².